The molecule has 0 radical (unpaired) electrons. The lowest BCUT2D eigenvalue weighted by Gasteiger charge is -2.35. The van der Waals surface area contributed by atoms with Crippen LogP contribution < -0.4 is 10.9 Å². The summed E-state index contributed by atoms with van der Waals surface area (Å²) in [7, 11) is 0. The number of benzene rings is 1. The summed E-state index contributed by atoms with van der Waals surface area (Å²) in [4.78, 5) is 25.7. The third kappa shape index (κ3) is 3.98. The predicted molar refractivity (Wildman–Crippen MR) is 104 cm³/mol. The Balaban J connectivity index is 1.96. The Labute approximate surface area is 154 Å². The topological polar surface area (TPSA) is 60.3 Å². The molecule has 1 fully saturated rings. The van der Waals surface area contributed by atoms with Crippen LogP contribution in [-0.4, -0.2) is 28.7 Å². The van der Waals surface area contributed by atoms with Gasteiger partial charge in [0.1, 0.15) is 0 Å². The first-order valence-electron chi connectivity index (χ1n) is 9.34. The van der Waals surface area contributed by atoms with Crippen LogP contribution in [-0.2, 0) is 11.3 Å². The van der Waals surface area contributed by atoms with E-state index in [-0.39, 0.29) is 23.1 Å². The monoisotopic (exact) mass is 356 g/mol. The van der Waals surface area contributed by atoms with E-state index in [9.17, 15) is 9.59 Å². The van der Waals surface area contributed by atoms with Gasteiger partial charge in [0.25, 0.3) is 11.5 Å². The third-order valence-electron chi connectivity index (χ3n) is 4.83. The maximum absolute atomic E-state index is 13.0. The van der Waals surface area contributed by atoms with Gasteiger partial charge in [0.2, 0.25) is 0 Å². The SMILES string of the molecule is CC(C)Cn1cc(C(=O)N[C@@H]2CCOC(C)(C)C2)c2ccccc2c1=O. The van der Waals surface area contributed by atoms with Crippen LogP contribution in [0.5, 0.6) is 0 Å². The predicted octanol–water partition coefficient (Wildman–Crippen LogP) is 3.34. The molecule has 3 rings (SSSR count). The fourth-order valence-electron chi connectivity index (χ4n) is 3.67. The number of aromatic nitrogens is 1. The molecule has 1 atom stereocenters. The molecule has 0 aliphatic carbocycles. The summed E-state index contributed by atoms with van der Waals surface area (Å²) >= 11 is 0. The van der Waals surface area contributed by atoms with E-state index in [0.717, 1.165) is 12.8 Å². The Hall–Kier alpha value is -2.14. The lowest BCUT2D eigenvalue weighted by molar-refractivity contribution is -0.0615. The molecule has 26 heavy (non-hydrogen) atoms. The van der Waals surface area contributed by atoms with Crippen LogP contribution >= 0.6 is 0 Å². The third-order valence-corrected chi connectivity index (χ3v) is 4.83. The molecule has 5 heteroatoms. The van der Waals surface area contributed by atoms with E-state index in [0.29, 0.717) is 35.4 Å². The molecule has 5 nitrogen and oxygen atoms in total. The van der Waals surface area contributed by atoms with Gasteiger partial charge in [-0.25, -0.2) is 0 Å². The number of hydrogen-bond acceptors (Lipinski definition) is 3. The number of hydrogen-bond donors (Lipinski definition) is 1. The van der Waals surface area contributed by atoms with Crippen LogP contribution in [0.2, 0.25) is 0 Å². The summed E-state index contributed by atoms with van der Waals surface area (Å²) in [5.41, 5.74) is 0.289. The molecule has 1 aliphatic rings. The Morgan fingerprint density at radius 3 is 2.65 bits per heavy atom. The Kier molecular flexibility index (Phi) is 5.19. The average Bonchev–Trinajstić information content (AvgIpc) is 2.56. The van der Waals surface area contributed by atoms with Gasteiger partial charge in [0, 0.05) is 36.2 Å². The molecular weight excluding hydrogens is 328 g/mol. The molecule has 1 aliphatic heterocycles. The molecule has 0 spiro atoms. The second kappa shape index (κ2) is 7.23. The van der Waals surface area contributed by atoms with Gasteiger partial charge in [0.15, 0.2) is 0 Å². The average molecular weight is 356 g/mol. The van der Waals surface area contributed by atoms with Gasteiger partial charge < -0.3 is 14.6 Å². The molecule has 0 saturated carbocycles. The lowest BCUT2D eigenvalue weighted by atomic mass is 9.93. The number of amides is 1. The van der Waals surface area contributed by atoms with Gasteiger partial charge in [-0.3, -0.25) is 9.59 Å². The second-order valence-electron chi connectivity index (χ2n) is 8.21. The molecule has 1 aromatic carbocycles. The highest BCUT2D eigenvalue weighted by atomic mass is 16.5. The van der Waals surface area contributed by atoms with Crippen molar-refractivity contribution in [1.82, 2.24) is 9.88 Å². The first-order valence-corrected chi connectivity index (χ1v) is 9.34. The normalized spacial score (nSPS) is 19.7. The van der Waals surface area contributed by atoms with Gasteiger partial charge in [-0.1, -0.05) is 32.0 Å². The second-order valence-corrected chi connectivity index (χ2v) is 8.21. The largest absolute Gasteiger partial charge is 0.375 e. The highest BCUT2D eigenvalue weighted by Gasteiger charge is 2.30. The smallest absolute Gasteiger partial charge is 0.258 e. The van der Waals surface area contributed by atoms with Crippen molar-refractivity contribution in [3.05, 3.63) is 46.4 Å². The van der Waals surface area contributed by atoms with Gasteiger partial charge in [-0.2, -0.15) is 0 Å². The minimum Gasteiger partial charge on any atom is -0.375 e. The van der Waals surface area contributed by atoms with Crippen LogP contribution in [0.4, 0.5) is 0 Å². The number of pyridine rings is 1. The van der Waals surface area contributed by atoms with Crippen molar-refractivity contribution in [1.29, 1.82) is 0 Å². The molecular formula is C21H28N2O3. The number of carbonyl (C=O) groups is 1. The van der Waals surface area contributed by atoms with E-state index in [1.165, 1.54) is 0 Å². The molecule has 2 heterocycles. The number of rotatable bonds is 4. The summed E-state index contributed by atoms with van der Waals surface area (Å²) in [6.07, 6.45) is 3.30. The van der Waals surface area contributed by atoms with Crippen LogP contribution in [0.15, 0.2) is 35.3 Å². The molecule has 1 amide bonds. The number of nitrogens with one attached hydrogen (secondary N) is 1. The van der Waals surface area contributed by atoms with Crippen molar-refractivity contribution in [3.63, 3.8) is 0 Å². The van der Waals surface area contributed by atoms with E-state index in [1.54, 1.807) is 16.8 Å². The minimum absolute atomic E-state index is 0.0435. The van der Waals surface area contributed by atoms with Crippen molar-refractivity contribution in [2.24, 2.45) is 5.92 Å². The van der Waals surface area contributed by atoms with Crippen LogP contribution in [0.25, 0.3) is 10.8 Å². The minimum atomic E-state index is -0.227. The molecule has 0 bridgehead atoms. The Morgan fingerprint density at radius 2 is 2.00 bits per heavy atom. The first kappa shape index (κ1) is 18.6. The van der Waals surface area contributed by atoms with Crippen molar-refractivity contribution in [2.45, 2.75) is 58.7 Å². The molecule has 0 unspecified atom stereocenters. The zero-order valence-electron chi connectivity index (χ0n) is 16.0. The van der Waals surface area contributed by atoms with Crippen LogP contribution in [0.1, 0.15) is 50.9 Å². The highest BCUT2D eigenvalue weighted by molar-refractivity contribution is 6.06. The van der Waals surface area contributed by atoms with Crippen molar-refractivity contribution in [2.75, 3.05) is 6.61 Å². The summed E-state index contributed by atoms with van der Waals surface area (Å²) < 4.78 is 7.40. The van der Waals surface area contributed by atoms with E-state index < -0.39 is 0 Å². The summed E-state index contributed by atoms with van der Waals surface area (Å²) in [6, 6.07) is 7.42. The first-order chi connectivity index (χ1) is 12.3. The Bertz CT molecular complexity index is 867. The molecule has 140 valence electrons. The zero-order valence-corrected chi connectivity index (χ0v) is 16.0. The summed E-state index contributed by atoms with van der Waals surface area (Å²) in [5, 5.41) is 4.45. The van der Waals surface area contributed by atoms with E-state index in [1.807, 2.05) is 32.0 Å². The summed E-state index contributed by atoms with van der Waals surface area (Å²) in [5.74, 6) is 0.197. The molecule has 1 aromatic heterocycles. The van der Waals surface area contributed by atoms with Gasteiger partial charge in [-0.05, 0) is 38.7 Å². The standard InChI is InChI=1S/C21H28N2O3/c1-14(2)12-23-13-18(16-7-5-6-8-17(16)20(23)25)19(24)22-15-9-10-26-21(3,4)11-15/h5-8,13-15H,9-12H2,1-4H3,(H,22,24)/t15-/m1/s1. The van der Waals surface area contributed by atoms with Gasteiger partial charge >= 0.3 is 0 Å². The van der Waals surface area contributed by atoms with Crippen molar-refractivity contribution < 1.29 is 9.53 Å². The number of nitrogens with zero attached hydrogens (tertiary/aromatic N) is 1. The molecule has 1 saturated heterocycles. The van der Waals surface area contributed by atoms with E-state index in [2.05, 4.69) is 19.2 Å². The molecule has 1 N–H and O–H groups in total. The fourth-order valence-corrected chi connectivity index (χ4v) is 3.67. The highest BCUT2D eigenvalue weighted by Crippen LogP contribution is 2.24. The van der Waals surface area contributed by atoms with E-state index >= 15 is 0 Å². The van der Waals surface area contributed by atoms with Gasteiger partial charge in [-0.15, -0.1) is 0 Å². The number of ether oxygens (including phenoxy) is 1. The molecule has 2 aromatic rings. The van der Waals surface area contributed by atoms with Crippen molar-refractivity contribution >= 4 is 16.7 Å². The Morgan fingerprint density at radius 1 is 1.31 bits per heavy atom. The quantitative estimate of drug-likeness (QED) is 0.914. The zero-order chi connectivity index (χ0) is 18.9. The van der Waals surface area contributed by atoms with Crippen LogP contribution in [0, 0.1) is 5.92 Å². The van der Waals surface area contributed by atoms with Crippen molar-refractivity contribution in [3.8, 4) is 0 Å². The summed E-state index contributed by atoms with van der Waals surface area (Å²) in [6.45, 7) is 9.45. The van der Waals surface area contributed by atoms with E-state index in [4.69, 9.17) is 4.74 Å². The maximum Gasteiger partial charge on any atom is 0.258 e. The maximum atomic E-state index is 13.0. The number of fused-ring (bicyclic) bond motifs is 1. The number of carbonyl (C=O) groups excluding carboxylic acids is 1. The van der Waals surface area contributed by atoms with Gasteiger partial charge in [0.05, 0.1) is 11.2 Å². The lowest BCUT2D eigenvalue weighted by Crippen LogP contribution is -2.46. The fraction of sp³-hybridized carbons (Fsp3) is 0.524. The van der Waals surface area contributed by atoms with Crippen LogP contribution in [0.3, 0.4) is 0 Å².